The molecule has 1 aliphatic rings. The number of nitro benzene ring substituents is 1. The minimum atomic E-state index is -1.17. The number of fused-ring (bicyclic) bond motifs is 2. The van der Waals surface area contributed by atoms with Crippen LogP contribution in [0.5, 0.6) is 0 Å². The first-order chi connectivity index (χ1) is 14.4. The van der Waals surface area contributed by atoms with E-state index < -0.39 is 51.8 Å². The second kappa shape index (κ2) is 8.64. The highest BCUT2D eigenvalue weighted by molar-refractivity contribution is 6.30. The van der Waals surface area contributed by atoms with Crippen molar-refractivity contribution in [1.82, 2.24) is 0 Å². The molecule has 0 spiro atoms. The van der Waals surface area contributed by atoms with Crippen molar-refractivity contribution in [3.8, 4) is 0 Å². The molecule has 2 aromatic carbocycles. The van der Waals surface area contributed by atoms with Crippen LogP contribution in [-0.4, -0.2) is 41.6 Å². The first-order valence-electron chi connectivity index (χ1n) is 9.19. The van der Waals surface area contributed by atoms with E-state index >= 15 is 0 Å². The fourth-order valence-corrected chi connectivity index (χ4v) is 3.10. The number of ketones is 2. The Morgan fingerprint density at radius 2 is 1.63 bits per heavy atom. The lowest BCUT2D eigenvalue weighted by molar-refractivity contribution is -0.385. The van der Waals surface area contributed by atoms with E-state index in [1.807, 2.05) is 6.92 Å². The number of hydrogen-bond donors (Lipinski definition) is 0. The van der Waals surface area contributed by atoms with Gasteiger partial charge in [0.15, 0.2) is 12.4 Å². The summed E-state index contributed by atoms with van der Waals surface area (Å²) in [5.41, 5.74) is -1.84. The van der Waals surface area contributed by atoms with Crippen molar-refractivity contribution < 1.29 is 33.6 Å². The quantitative estimate of drug-likeness (QED) is 0.251. The van der Waals surface area contributed by atoms with Crippen molar-refractivity contribution in [2.24, 2.45) is 0 Å². The van der Waals surface area contributed by atoms with Crippen molar-refractivity contribution in [1.29, 1.82) is 0 Å². The molecular weight excluding hydrogens is 394 g/mol. The molecule has 0 bridgehead atoms. The van der Waals surface area contributed by atoms with Gasteiger partial charge in [-0.3, -0.25) is 19.7 Å². The third-order valence-electron chi connectivity index (χ3n) is 4.55. The molecule has 0 saturated carbocycles. The van der Waals surface area contributed by atoms with Crippen LogP contribution in [-0.2, 0) is 14.3 Å². The van der Waals surface area contributed by atoms with Crippen LogP contribution in [0.3, 0.4) is 0 Å². The smallest absolute Gasteiger partial charge is 0.345 e. The number of carbonyl (C=O) groups is 4. The van der Waals surface area contributed by atoms with Crippen molar-refractivity contribution in [2.45, 2.75) is 19.8 Å². The summed E-state index contributed by atoms with van der Waals surface area (Å²) >= 11 is 0. The predicted octanol–water partition coefficient (Wildman–Crippen LogP) is 2.87. The molecule has 0 aliphatic heterocycles. The zero-order valence-electron chi connectivity index (χ0n) is 16.0. The van der Waals surface area contributed by atoms with Crippen molar-refractivity contribution in [3.05, 3.63) is 74.3 Å². The second-order valence-electron chi connectivity index (χ2n) is 6.50. The van der Waals surface area contributed by atoms with Crippen LogP contribution in [0.1, 0.15) is 62.0 Å². The van der Waals surface area contributed by atoms with Crippen molar-refractivity contribution >= 4 is 29.2 Å². The average molecular weight is 411 g/mol. The molecule has 0 amide bonds. The van der Waals surface area contributed by atoms with E-state index in [0.29, 0.717) is 6.42 Å². The van der Waals surface area contributed by atoms with Crippen molar-refractivity contribution in [2.75, 3.05) is 13.2 Å². The summed E-state index contributed by atoms with van der Waals surface area (Å²) in [6.07, 6.45) is 1.46. The van der Waals surface area contributed by atoms with E-state index in [0.717, 1.165) is 12.5 Å². The van der Waals surface area contributed by atoms with Gasteiger partial charge in [-0.2, -0.15) is 0 Å². The van der Waals surface area contributed by atoms with Crippen LogP contribution >= 0.6 is 0 Å². The van der Waals surface area contributed by atoms with Crippen LogP contribution in [0.4, 0.5) is 5.69 Å². The Balaban J connectivity index is 1.94. The number of benzene rings is 2. The number of hydrogen-bond acceptors (Lipinski definition) is 8. The van der Waals surface area contributed by atoms with Crippen molar-refractivity contribution in [3.63, 3.8) is 0 Å². The first-order valence-corrected chi connectivity index (χ1v) is 9.19. The van der Waals surface area contributed by atoms with E-state index in [1.165, 1.54) is 24.3 Å². The number of esters is 2. The van der Waals surface area contributed by atoms with Crippen LogP contribution < -0.4 is 0 Å². The van der Waals surface area contributed by atoms with Gasteiger partial charge in [0.1, 0.15) is 11.1 Å². The molecule has 1 aliphatic carbocycles. The minimum absolute atomic E-state index is 0.0168. The molecule has 0 aromatic heterocycles. The Morgan fingerprint density at radius 3 is 2.27 bits per heavy atom. The lowest BCUT2D eigenvalue weighted by Gasteiger charge is -2.18. The summed E-state index contributed by atoms with van der Waals surface area (Å²) in [4.78, 5) is 60.4. The summed E-state index contributed by atoms with van der Waals surface area (Å²) in [5, 5.41) is 11.7. The largest absolute Gasteiger partial charge is 0.463 e. The molecule has 0 N–H and O–H groups in total. The number of nitro groups is 1. The normalized spacial score (nSPS) is 12.0. The fourth-order valence-electron chi connectivity index (χ4n) is 3.10. The van der Waals surface area contributed by atoms with Crippen LogP contribution in [0.15, 0.2) is 36.4 Å². The van der Waals surface area contributed by atoms with Gasteiger partial charge in [0.25, 0.3) is 5.69 Å². The SMILES string of the molecule is CCCCOC(=O)COC(=O)c1ccc2c(c1[N+](=O)[O-])C(=O)c1ccccc1C2=O. The monoisotopic (exact) mass is 411 g/mol. The maximum Gasteiger partial charge on any atom is 0.345 e. The van der Waals surface area contributed by atoms with Gasteiger partial charge in [-0.25, -0.2) is 9.59 Å². The molecule has 30 heavy (non-hydrogen) atoms. The molecule has 0 saturated heterocycles. The molecule has 2 aromatic rings. The van der Waals surface area contributed by atoms with E-state index in [1.54, 1.807) is 6.07 Å². The number of unbranched alkanes of at least 4 members (excludes halogenated alkanes) is 1. The molecule has 9 heteroatoms. The topological polar surface area (TPSA) is 130 Å². The van der Waals surface area contributed by atoms with E-state index in [2.05, 4.69) is 0 Å². The highest BCUT2D eigenvalue weighted by Gasteiger charge is 2.39. The zero-order chi connectivity index (χ0) is 21.8. The Bertz CT molecular complexity index is 1070. The molecule has 0 unspecified atom stereocenters. The molecular formula is C21H17NO8. The van der Waals surface area contributed by atoms with Crippen LogP contribution in [0, 0.1) is 10.1 Å². The van der Waals surface area contributed by atoms with Gasteiger partial charge in [-0.05, 0) is 18.6 Å². The average Bonchev–Trinajstić information content (AvgIpc) is 2.74. The van der Waals surface area contributed by atoms with Gasteiger partial charge in [0.05, 0.1) is 11.5 Å². The molecule has 0 radical (unpaired) electrons. The van der Waals surface area contributed by atoms with E-state index in [4.69, 9.17) is 9.47 Å². The molecule has 9 nitrogen and oxygen atoms in total. The number of carbonyl (C=O) groups excluding carboxylic acids is 4. The Labute approximate surface area is 170 Å². The lowest BCUT2D eigenvalue weighted by atomic mass is 9.82. The van der Waals surface area contributed by atoms with Gasteiger partial charge in [0, 0.05) is 16.7 Å². The van der Waals surface area contributed by atoms with E-state index in [-0.39, 0.29) is 23.3 Å². The summed E-state index contributed by atoms with van der Waals surface area (Å²) in [6, 6.07) is 8.17. The summed E-state index contributed by atoms with van der Waals surface area (Å²) in [7, 11) is 0. The molecule has 0 fully saturated rings. The fraction of sp³-hybridized carbons (Fsp3) is 0.238. The number of nitrogens with zero attached hydrogens (tertiary/aromatic N) is 1. The Hall–Kier alpha value is -3.88. The van der Waals surface area contributed by atoms with Gasteiger partial charge < -0.3 is 9.47 Å². The highest BCUT2D eigenvalue weighted by Crippen LogP contribution is 2.35. The third-order valence-corrected chi connectivity index (χ3v) is 4.55. The molecule has 154 valence electrons. The Morgan fingerprint density at radius 1 is 0.967 bits per heavy atom. The minimum Gasteiger partial charge on any atom is -0.463 e. The molecule has 0 heterocycles. The summed E-state index contributed by atoms with van der Waals surface area (Å²) in [5.74, 6) is -3.25. The van der Waals surface area contributed by atoms with Gasteiger partial charge >= 0.3 is 11.9 Å². The number of ether oxygens (including phenoxy) is 2. The molecule has 0 atom stereocenters. The van der Waals surface area contributed by atoms with E-state index in [9.17, 15) is 29.3 Å². The third kappa shape index (κ3) is 3.82. The Kier molecular flexibility index (Phi) is 6.01. The zero-order valence-corrected chi connectivity index (χ0v) is 16.0. The number of rotatable bonds is 7. The second-order valence-corrected chi connectivity index (χ2v) is 6.50. The maximum atomic E-state index is 12.9. The van der Waals surface area contributed by atoms with Crippen LogP contribution in [0.25, 0.3) is 0 Å². The standard InChI is InChI=1S/C21H17NO8/c1-2-3-10-29-16(23)11-30-21(26)15-9-8-14-17(18(15)22(27)28)20(25)13-7-5-4-6-12(13)19(14)24/h4-9H,2-3,10-11H2,1H3. The van der Waals surface area contributed by atoms with Gasteiger partial charge in [-0.15, -0.1) is 0 Å². The predicted molar refractivity (Wildman–Crippen MR) is 103 cm³/mol. The summed E-state index contributed by atoms with van der Waals surface area (Å²) in [6.45, 7) is 1.35. The first kappa shape index (κ1) is 20.8. The van der Waals surface area contributed by atoms with Gasteiger partial charge in [0.2, 0.25) is 5.78 Å². The van der Waals surface area contributed by atoms with Gasteiger partial charge in [-0.1, -0.05) is 37.6 Å². The lowest BCUT2D eigenvalue weighted by Crippen LogP contribution is -2.24. The maximum absolute atomic E-state index is 12.9. The molecule has 3 rings (SSSR count). The highest BCUT2D eigenvalue weighted by atomic mass is 16.6. The summed E-state index contributed by atoms with van der Waals surface area (Å²) < 4.78 is 9.68. The van der Waals surface area contributed by atoms with Crippen LogP contribution in [0.2, 0.25) is 0 Å².